The van der Waals surface area contributed by atoms with E-state index in [1.165, 1.54) is 37.6 Å². The molecule has 668 valence electrons. The first-order valence-electron chi connectivity index (χ1n) is 44.0. The second-order valence-corrected chi connectivity index (χ2v) is 35.1. The molecule has 0 bridgehead atoms. The summed E-state index contributed by atoms with van der Waals surface area (Å²) in [6.07, 6.45) is 2.51. The van der Waals surface area contributed by atoms with Crippen molar-refractivity contribution in [1.82, 2.24) is 10.0 Å². The zero-order valence-electron chi connectivity index (χ0n) is 75.1. The van der Waals surface area contributed by atoms with E-state index in [1.807, 2.05) is 133 Å². The Morgan fingerprint density at radius 2 is 0.912 bits per heavy atom. The zero-order chi connectivity index (χ0) is 94.9. The molecule has 1 saturated heterocycles. The Hall–Kier alpha value is -16.9. The lowest BCUT2D eigenvalue weighted by molar-refractivity contribution is -0.195. The van der Waals surface area contributed by atoms with Crippen molar-refractivity contribution in [1.29, 1.82) is 0 Å². The number of anilines is 1. The van der Waals surface area contributed by atoms with Crippen molar-refractivity contribution in [2.45, 2.75) is 86.3 Å². The lowest BCUT2D eigenvalue weighted by Gasteiger charge is -2.40. The zero-order valence-corrected chi connectivity index (χ0v) is 75.9. The molecule has 1 atom stereocenters. The number of aromatic carboxylic acids is 1. The molecule has 1 spiro atoms. The van der Waals surface area contributed by atoms with Gasteiger partial charge in [0.1, 0.15) is 45.6 Å². The number of carbonyl (C=O) groups is 7. The van der Waals surface area contributed by atoms with Gasteiger partial charge in [-0.1, -0.05) is 200 Å². The molecule has 0 saturated carbocycles. The molecule has 2 amide bonds. The Bertz CT molecular complexity index is 8390. The maximum absolute atomic E-state index is 14.2. The summed E-state index contributed by atoms with van der Waals surface area (Å²) in [7, 11) is 2.06. The Labute approximate surface area is 781 Å². The molecule has 15 aromatic rings. The molecule has 6 aliphatic heterocycles. The summed E-state index contributed by atoms with van der Waals surface area (Å²) in [6.45, 7) is 16.5. The molecule has 8 aliphatic rings. The van der Waals surface area contributed by atoms with E-state index in [1.54, 1.807) is 54.6 Å². The highest BCUT2D eigenvalue weighted by atomic mass is 35.5. The molecule has 2 N–H and O–H groups in total. The average molecular weight is 1820 g/mol. The van der Waals surface area contributed by atoms with Gasteiger partial charge >= 0.3 is 29.8 Å². The lowest BCUT2D eigenvalue weighted by Crippen LogP contribution is -2.42. The van der Waals surface area contributed by atoms with Crippen LogP contribution in [0.5, 0.6) is 28.7 Å². The maximum atomic E-state index is 14.2. The van der Waals surface area contributed by atoms with Crippen LogP contribution in [-0.2, 0) is 39.1 Å². The van der Waals surface area contributed by atoms with Gasteiger partial charge in [0.25, 0.3) is 11.8 Å². The fourth-order valence-electron chi connectivity index (χ4n) is 19.8. The summed E-state index contributed by atoms with van der Waals surface area (Å²) in [5.41, 5.74) is 15.6. The van der Waals surface area contributed by atoms with E-state index in [0.29, 0.717) is 94.8 Å². The first kappa shape index (κ1) is 87.1. The molecule has 6 heterocycles. The molecule has 22 heteroatoms. The third kappa shape index (κ3) is 14.7. The van der Waals surface area contributed by atoms with Crippen LogP contribution in [0, 0.1) is 20.8 Å². The van der Waals surface area contributed by atoms with E-state index in [2.05, 4.69) is 136 Å². The number of esters is 3. The number of hydroxylamine groups is 2. The number of aromatic nitrogens is 1. The lowest BCUT2D eigenvalue weighted by atomic mass is 9.76. The minimum absolute atomic E-state index is 0.0866. The number of allylic oxidation sites excluding steroid dienone is 1. The molecular weight excluding hydrogens is 1730 g/mol. The fraction of sp³-hybridized carbons (Fsp3) is 0.123. The van der Waals surface area contributed by atoms with Crippen LogP contribution in [0.3, 0.4) is 0 Å². The monoisotopic (exact) mass is 1820 g/mol. The summed E-state index contributed by atoms with van der Waals surface area (Å²) in [5, 5.41) is 35.4. The predicted octanol–water partition coefficient (Wildman–Crippen LogP) is 25.1. The summed E-state index contributed by atoms with van der Waals surface area (Å²) in [6, 6.07) is 85.5. The third-order valence-corrected chi connectivity index (χ3v) is 26.4. The van der Waals surface area contributed by atoms with Gasteiger partial charge in [0.05, 0.1) is 21.7 Å². The van der Waals surface area contributed by atoms with Crippen LogP contribution in [0.25, 0.3) is 160 Å². The number of phenols is 1. The number of amides is 2. The Kier molecular flexibility index (Phi) is 21.6. The van der Waals surface area contributed by atoms with Crippen LogP contribution in [-0.4, -0.2) is 74.5 Å². The number of hydrogen-bond donors (Lipinski definition) is 2. The number of carboxylic acid groups (broad SMARTS) is 1. The molecule has 15 aromatic carbocycles. The van der Waals surface area contributed by atoms with Crippen LogP contribution in [0.4, 0.5) is 5.69 Å². The van der Waals surface area contributed by atoms with Crippen LogP contribution >= 0.6 is 11.6 Å². The number of phenolic OH excluding ortho intramolecular Hbond substituents is 1. The highest BCUT2D eigenvalue weighted by Gasteiger charge is 2.55. The van der Waals surface area contributed by atoms with Crippen molar-refractivity contribution in [3.63, 3.8) is 0 Å². The number of likely N-dealkylation sites (N-methyl/N-ethyl adjacent to an activating group) is 1. The summed E-state index contributed by atoms with van der Waals surface area (Å²) in [4.78, 5) is 120. The molecule has 21 nitrogen and oxygen atoms in total. The van der Waals surface area contributed by atoms with E-state index in [4.69, 9.17) is 39.4 Å². The molecule has 136 heavy (non-hydrogen) atoms. The number of nitrogens with zero attached hydrogens (tertiary/aromatic N) is 3. The molecular formula is C114H82ClN3O18. The summed E-state index contributed by atoms with van der Waals surface area (Å²) in [5.74, 6) is -2.36. The maximum Gasteiger partial charge on any atom is 0.340 e. The number of halogens is 1. The molecule has 23 rings (SSSR count). The van der Waals surface area contributed by atoms with E-state index in [-0.39, 0.29) is 62.8 Å². The predicted molar refractivity (Wildman–Crippen MR) is 527 cm³/mol. The van der Waals surface area contributed by atoms with Gasteiger partial charge in [-0.05, 0) is 189 Å². The fourth-order valence-corrected chi connectivity index (χ4v) is 20.0. The Balaban J connectivity index is 0.000000121. The average Bonchev–Trinajstić information content (AvgIpc) is 1.45. The van der Waals surface area contributed by atoms with E-state index in [0.717, 1.165) is 127 Å². The van der Waals surface area contributed by atoms with Crippen molar-refractivity contribution in [3.05, 3.63) is 355 Å². The largest absolute Gasteiger partial charge is 0.507 e. The standard InChI is InChI=1S/C42H33NO4.C39H25ClO7.C27H17NO3.C6H7NO4/c1-23-22-42(3,4)43(5)35-20-37-33(18-31(23)35)40(29-16-10-11-17-30(29)41(45)46)34-19-32(36(44)21-38(34)47-37)39-27-14-8-6-12-25(27)24(2)26-13-7-9-15-28(26)39;1-20-23-10-4-6-12-25(23)37(26-13-7-5-11-24(20)26)28-16-30-34(18-33(28)44-21(2)41)46-35-19-36(45-22(3)42)32(40)17-31(35)39(30)29-15-9-8-14-27(29)38(43)47-39;1-15-17-6-2-4-8-19(17)27(20-9-5-3-7-18(15)20)21-13-23-26(14-24(21)30)31-25-12-16(29)10-11-22(25)28-23;1-4(8)11-7-5(9)2-3-6(7)10/h6-22H,1-5H3,(H,45,46);4-19H,1-3H3;2-14,30H,1H3;2-3H2,1H3. The van der Waals surface area contributed by atoms with Crippen LogP contribution in [0.15, 0.2) is 297 Å². The van der Waals surface area contributed by atoms with Crippen molar-refractivity contribution in [3.8, 4) is 96.0 Å². The van der Waals surface area contributed by atoms with Gasteiger partial charge in [0, 0.05) is 155 Å². The highest BCUT2D eigenvalue weighted by molar-refractivity contribution is 6.32. The number of aromatic hydroxyl groups is 1. The smallest absolute Gasteiger partial charge is 0.340 e. The van der Waals surface area contributed by atoms with Gasteiger partial charge in [-0.25, -0.2) is 19.4 Å². The summed E-state index contributed by atoms with van der Waals surface area (Å²) >= 11 is 6.68. The number of hydrogen-bond acceptors (Lipinski definition) is 19. The number of rotatable bonds is 8. The summed E-state index contributed by atoms with van der Waals surface area (Å²) < 4.78 is 36.6. The molecule has 2 aliphatic carbocycles. The van der Waals surface area contributed by atoms with Gasteiger partial charge < -0.3 is 47.7 Å². The topological polar surface area (TPSA) is 286 Å². The Morgan fingerprint density at radius 3 is 1.45 bits per heavy atom. The van der Waals surface area contributed by atoms with Gasteiger partial charge in [-0.3, -0.25) is 28.8 Å². The second kappa shape index (κ2) is 33.7. The van der Waals surface area contributed by atoms with Crippen molar-refractivity contribution >= 4 is 151 Å². The van der Waals surface area contributed by atoms with Gasteiger partial charge in [-0.2, -0.15) is 0 Å². The van der Waals surface area contributed by atoms with Gasteiger partial charge in [-0.15, -0.1) is 5.06 Å². The number of fused-ring (bicyclic) bond motifs is 17. The minimum Gasteiger partial charge on any atom is -0.507 e. The van der Waals surface area contributed by atoms with Crippen molar-refractivity contribution < 1.29 is 76.4 Å². The third-order valence-electron chi connectivity index (χ3n) is 26.1. The van der Waals surface area contributed by atoms with Crippen molar-refractivity contribution in [2.75, 3.05) is 11.9 Å². The highest BCUT2D eigenvalue weighted by Crippen LogP contribution is 2.61. The Morgan fingerprint density at radius 1 is 0.434 bits per heavy atom. The normalized spacial score (nSPS) is 14.4. The van der Waals surface area contributed by atoms with Crippen LogP contribution in [0.2, 0.25) is 5.02 Å². The number of aryl methyl sites for hydroxylation is 3. The number of carbonyl (C=O) groups excluding carboxylic acids is 6. The first-order valence-corrected chi connectivity index (χ1v) is 44.4. The van der Waals surface area contributed by atoms with Crippen molar-refractivity contribution in [2.24, 2.45) is 0 Å². The number of carboxylic acids is 1. The van der Waals surface area contributed by atoms with Gasteiger partial charge in [0.15, 0.2) is 33.6 Å². The van der Waals surface area contributed by atoms with E-state index in [9.17, 15) is 53.4 Å². The molecule has 0 aromatic heterocycles. The number of ether oxygens (including phenoxy) is 4. The molecule has 1 unspecified atom stereocenters. The van der Waals surface area contributed by atoms with Crippen LogP contribution < -0.4 is 30.0 Å². The number of imide groups is 1. The van der Waals surface area contributed by atoms with E-state index < -0.39 is 47.3 Å². The van der Waals surface area contributed by atoms with Gasteiger partial charge in [0.2, 0.25) is 0 Å². The first-order chi connectivity index (χ1) is 65.4. The number of benzene rings is 17. The van der Waals surface area contributed by atoms with Crippen LogP contribution in [0.1, 0.15) is 114 Å². The van der Waals surface area contributed by atoms with E-state index >= 15 is 0 Å². The SMILES string of the molecule is CC(=O)ON1C(=O)CCC1=O.CC(=O)Oc1cc2c(cc1Cl)C1(OC(=O)c3ccccc31)c1cc(-c3c4ccccc4c(C)c4ccccc34)c(OC(C)=O)cc1O2.CC1=CC(C)(C)N(C)c2cc3oc4cc(=O)c(-c5c6ccccc6c(C)c6ccccc56)cc-4c(-c4ccccc4C(=O)O)c3cc21.Cc1c2ccccc2c(-c2cc3nc4ccc(=O)cc-4oc3cc2O)c2ccccc12. The second-order valence-electron chi connectivity index (χ2n) is 34.7. The minimum atomic E-state index is -1.49. The quantitative estimate of drug-likeness (QED) is 0.0618. The molecule has 0 radical (unpaired) electrons. The molecule has 1 fully saturated rings.